The molecular weight excluding hydrogens is 430 g/mol. The second kappa shape index (κ2) is 8.99. The Morgan fingerprint density at radius 3 is 2.25 bits per heavy atom. The number of rotatable bonds is 6. The van der Waals surface area contributed by atoms with E-state index in [1.807, 2.05) is 0 Å². The summed E-state index contributed by atoms with van der Waals surface area (Å²) in [7, 11) is -3.98. The number of ether oxygens (including phenoxy) is 1. The molecule has 2 amide bonds. The third-order valence-electron chi connectivity index (χ3n) is 6.44. The molecule has 2 aromatic rings. The number of amides is 2. The minimum atomic E-state index is -3.98. The number of hydrogen-bond acceptors (Lipinski definition) is 6. The molecule has 1 saturated heterocycles. The number of primary amides is 1. The molecule has 2 fully saturated rings. The van der Waals surface area contributed by atoms with Crippen molar-refractivity contribution in [3.63, 3.8) is 0 Å². The van der Waals surface area contributed by atoms with Gasteiger partial charge in [0, 0.05) is 31.0 Å². The SMILES string of the molecule is NC(=O)C1(S(=O)(=O)c2ccc(-c3ccc(C(=O)NC4CCCC4)cn3)cc2)CCOCC1. The van der Waals surface area contributed by atoms with Gasteiger partial charge < -0.3 is 15.8 Å². The van der Waals surface area contributed by atoms with Crippen molar-refractivity contribution in [2.75, 3.05) is 13.2 Å². The zero-order valence-corrected chi connectivity index (χ0v) is 18.6. The summed E-state index contributed by atoms with van der Waals surface area (Å²) in [6.07, 6.45) is 5.91. The lowest BCUT2D eigenvalue weighted by Gasteiger charge is -2.33. The first-order chi connectivity index (χ1) is 15.3. The summed E-state index contributed by atoms with van der Waals surface area (Å²) in [6.45, 7) is 0.343. The first kappa shape index (κ1) is 22.4. The maximum Gasteiger partial charge on any atom is 0.253 e. The third kappa shape index (κ3) is 4.14. The summed E-state index contributed by atoms with van der Waals surface area (Å²) < 4.78 is 30.1. The lowest BCUT2D eigenvalue weighted by Crippen LogP contribution is -2.53. The van der Waals surface area contributed by atoms with E-state index in [1.54, 1.807) is 24.3 Å². The van der Waals surface area contributed by atoms with E-state index in [1.165, 1.54) is 18.3 Å². The molecule has 0 bridgehead atoms. The molecule has 9 heteroatoms. The van der Waals surface area contributed by atoms with Gasteiger partial charge in [-0.3, -0.25) is 14.6 Å². The number of pyridine rings is 1. The predicted octanol–water partition coefficient (Wildman–Crippen LogP) is 2.23. The average molecular weight is 458 g/mol. The van der Waals surface area contributed by atoms with Gasteiger partial charge in [0.1, 0.15) is 0 Å². The van der Waals surface area contributed by atoms with Crippen LogP contribution in [0.3, 0.4) is 0 Å². The molecule has 0 spiro atoms. The van der Waals surface area contributed by atoms with Crippen molar-refractivity contribution in [1.29, 1.82) is 0 Å². The van der Waals surface area contributed by atoms with E-state index >= 15 is 0 Å². The normalized spacial score (nSPS) is 18.9. The molecule has 1 aromatic carbocycles. The number of sulfone groups is 1. The monoisotopic (exact) mass is 457 g/mol. The highest BCUT2D eigenvalue weighted by Gasteiger charge is 2.51. The van der Waals surface area contributed by atoms with E-state index < -0.39 is 20.5 Å². The number of nitrogens with two attached hydrogens (primary N) is 1. The number of benzene rings is 1. The Balaban J connectivity index is 1.52. The van der Waals surface area contributed by atoms with Crippen molar-refractivity contribution in [2.24, 2.45) is 5.73 Å². The van der Waals surface area contributed by atoms with Crippen molar-refractivity contribution in [3.8, 4) is 11.3 Å². The maximum absolute atomic E-state index is 13.2. The number of carbonyl (C=O) groups excluding carboxylic acids is 2. The molecule has 1 aromatic heterocycles. The Morgan fingerprint density at radius 1 is 1.03 bits per heavy atom. The second-order valence-electron chi connectivity index (χ2n) is 8.39. The van der Waals surface area contributed by atoms with Gasteiger partial charge in [-0.15, -0.1) is 0 Å². The fraction of sp³-hybridized carbons (Fsp3) is 0.435. The van der Waals surface area contributed by atoms with Crippen molar-refractivity contribution in [1.82, 2.24) is 10.3 Å². The lowest BCUT2D eigenvalue weighted by atomic mass is 9.98. The van der Waals surface area contributed by atoms with Crippen LogP contribution in [0.2, 0.25) is 0 Å². The molecule has 2 heterocycles. The summed E-state index contributed by atoms with van der Waals surface area (Å²) in [4.78, 5) is 28.9. The Bertz CT molecular complexity index is 1090. The van der Waals surface area contributed by atoms with Crippen LogP contribution in [0.25, 0.3) is 11.3 Å². The van der Waals surface area contributed by atoms with Crippen LogP contribution in [0.15, 0.2) is 47.5 Å². The van der Waals surface area contributed by atoms with Crippen molar-refractivity contribution in [3.05, 3.63) is 48.2 Å². The molecule has 8 nitrogen and oxygen atoms in total. The Morgan fingerprint density at radius 2 is 1.69 bits per heavy atom. The fourth-order valence-corrected chi connectivity index (χ4v) is 6.33. The molecule has 1 aliphatic heterocycles. The van der Waals surface area contributed by atoms with Gasteiger partial charge in [-0.1, -0.05) is 25.0 Å². The van der Waals surface area contributed by atoms with E-state index in [4.69, 9.17) is 10.5 Å². The zero-order chi connectivity index (χ0) is 22.8. The molecular formula is C23H27N3O5S. The first-order valence-electron chi connectivity index (χ1n) is 10.8. The van der Waals surface area contributed by atoms with E-state index in [0.29, 0.717) is 16.8 Å². The number of aromatic nitrogens is 1. The number of nitrogens with zero attached hydrogens (tertiary/aromatic N) is 1. The Hall–Kier alpha value is -2.78. The minimum absolute atomic E-state index is 0.0366. The number of nitrogens with one attached hydrogen (secondary N) is 1. The first-order valence-corrected chi connectivity index (χ1v) is 12.3. The quantitative estimate of drug-likeness (QED) is 0.684. The topological polar surface area (TPSA) is 128 Å². The van der Waals surface area contributed by atoms with Crippen molar-refractivity contribution < 1.29 is 22.7 Å². The molecule has 3 N–H and O–H groups in total. The van der Waals surface area contributed by atoms with E-state index in [-0.39, 0.29) is 42.9 Å². The molecule has 1 saturated carbocycles. The highest BCUT2D eigenvalue weighted by molar-refractivity contribution is 7.93. The molecule has 0 radical (unpaired) electrons. The molecule has 0 unspecified atom stereocenters. The van der Waals surface area contributed by atoms with Gasteiger partial charge in [0.25, 0.3) is 5.91 Å². The van der Waals surface area contributed by atoms with Gasteiger partial charge in [0.05, 0.1) is 16.2 Å². The molecule has 0 atom stereocenters. The Kier molecular flexibility index (Phi) is 6.30. The van der Waals surface area contributed by atoms with Gasteiger partial charge in [0.2, 0.25) is 5.91 Å². The van der Waals surface area contributed by atoms with E-state index in [2.05, 4.69) is 10.3 Å². The third-order valence-corrected chi connectivity index (χ3v) is 8.97. The van der Waals surface area contributed by atoms with Crippen molar-refractivity contribution in [2.45, 2.75) is 54.2 Å². The van der Waals surface area contributed by atoms with E-state index in [9.17, 15) is 18.0 Å². The summed E-state index contributed by atoms with van der Waals surface area (Å²) in [6, 6.07) is 9.89. The van der Waals surface area contributed by atoms with Crippen LogP contribution in [0.4, 0.5) is 0 Å². The predicted molar refractivity (Wildman–Crippen MR) is 119 cm³/mol. The largest absolute Gasteiger partial charge is 0.381 e. The molecule has 2 aliphatic rings. The molecule has 1 aliphatic carbocycles. The summed E-state index contributed by atoms with van der Waals surface area (Å²) in [5.41, 5.74) is 7.32. The van der Waals surface area contributed by atoms with Crippen LogP contribution < -0.4 is 11.1 Å². The van der Waals surface area contributed by atoms with Crippen LogP contribution in [-0.2, 0) is 19.4 Å². The van der Waals surface area contributed by atoms with Gasteiger partial charge in [-0.25, -0.2) is 8.42 Å². The minimum Gasteiger partial charge on any atom is -0.381 e. The van der Waals surface area contributed by atoms with Gasteiger partial charge in [-0.05, 0) is 49.9 Å². The number of carbonyl (C=O) groups is 2. The molecule has 170 valence electrons. The van der Waals surface area contributed by atoms with Crippen LogP contribution in [-0.4, -0.2) is 49.2 Å². The van der Waals surface area contributed by atoms with Crippen LogP contribution >= 0.6 is 0 Å². The van der Waals surface area contributed by atoms with Crippen LogP contribution in [0, 0.1) is 0 Å². The Labute approximate surface area is 187 Å². The van der Waals surface area contributed by atoms with E-state index in [0.717, 1.165) is 25.7 Å². The highest BCUT2D eigenvalue weighted by Crippen LogP contribution is 2.35. The second-order valence-corrected chi connectivity index (χ2v) is 10.6. The summed E-state index contributed by atoms with van der Waals surface area (Å²) in [5, 5.41) is 3.03. The molecule has 4 rings (SSSR count). The van der Waals surface area contributed by atoms with Gasteiger partial charge in [-0.2, -0.15) is 0 Å². The highest BCUT2D eigenvalue weighted by atomic mass is 32.2. The van der Waals surface area contributed by atoms with Gasteiger partial charge in [0.15, 0.2) is 14.6 Å². The van der Waals surface area contributed by atoms with Crippen molar-refractivity contribution >= 4 is 21.7 Å². The lowest BCUT2D eigenvalue weighted by molar-refractivity contribution is -0.122. The smallest absolute Gasteiger partial charge is 0.253 e. The fourth-order valence-electron chi connectivity index (χ4n) is 4.42. The summed E-state index contributed by atoms with van der Waals surface area (Å²) >= 11 is 0. The van der Waals surface area contributed by atoms with Gasteiger partial charge >= 0.3 is 0 Å². The zero-order valence-electron chi connectivity index (χ0n) is 17.7. The average Bonchev–Trinajstić information content (AvgIpc) is 3.32. The summed E-state index contributed by atoms with van der Waals surface area (Å²) in [5.74, 6) is -0.983. The van der Waals surface area contributed by atoms with Crippen LogP contribution in [0.1, 0.15) is 48.9 Å². The standard InChI is InChI=1S/C23H27N3O5S/c24-22(28)23(11-13-31-14-12-23)32(29,30)19-8-5-16(6-9-19)20-10-7-17(15-25-20)21(27)26-18-3-1-2-4-18/h5-10,15,18H,1-4,11-14H2,(H2,24,28)(H,26,27). The van der Waals surface area contributed by atoms with Crippen LogP contribution in [0.5, 0.6) is 0 Å². The maximum atomic E-state index is 13.2. The number of hydrogen-bond donors (Lipinski definition) is 2. The molecule has 32 heavy (non-hydrogen) atoms.